The SMILES string of the molecule is COc1cc(C(=O)N(C)C(C)CN)ccc1C.Cl. The van der Waals surface area contributed by atoms with Crippen molar-refractivity contribution in [2.24, 2.45) is 5.73 Å². The van der Waals surface area contributed by atoms with Crippen LogP contribution in [-0.4, -0.2) is 37.6 Å². The molecular weight excluding hydrogens is 252 g/mol. The summed E-state index contributed by atoms with van der Waals surface area (Å²) >= 11 is 0. The van der Waals surface area contributed by atoms with Crippen molar-refractivity contribution < 1.29 is 9.53 Å². The number of methoxy groups -OCH3 is 1. The Labute approximate surface area is 115 Å². The molecule has 102 valence electrons. The van der Waals surface area contributed by atoms with Crippen molar-refractivity contribution in [3.05, 3.63) is 29.3 Å². The molecule has 1 rings (SSSR count). The third-order valence-electron chi connectivity index (χ3n) is 2.98. The highest BCUT2D eigenvalue weighted by Crippen LogP contribution is 2.20. The van der Waals surface area contributed by atoms with Gasteiger partial charge in [-0.2, -0.15) is 0 Å². The van der Waals surface area contributed by atoms with E-state index in [1.807, 2.05) is 19.9 Å². The molecular formula is C13H21ClN2O2. The summed E-state index contributed by atoms with van der Waals surface area (Å²) in [6, 6.07) is 5.47. The van der Waals surface area contributed by atoms with Crippen molar-refractivity contribution in [2.45, 2.75) is 19.9 Å². The van der Waals surface area contributed by atoms with E-state index in [2.05, 4.69) is 0 Å². The maximum Gasteiger partial charge on any atom is 0.254 e. The molecule has 1 unspecified atom stereocenters. The number of nitrogens with zero attached hydrogens (tertiary/aromatic N) is 1. The quantitative estimate of drug-likeness (QED) is 0.910. The molecule has 5 heteroatoms. The van der Waals surface area contributed by atoms with Crippen molar-refractivity contribution >= 4 is 18.3 Å². The summed E-state index contributed by atoms with van der Waals surface area (Å²) in [5.41, 5.74) is 7.18. The van der Waals surface area contributed by atoms with Gasteiger partial charge in [-0.3, -0.25) is 4.79 Å². The van der Waals surface area contributed by atoms with Gasteiger partial charge in [0.25, 0.3) is 5.91 Å². The molecule has 1 aromatic rings. The van der Waals surface area contributed by atoms with Gasteiger partial charge in [0.1, 0.15) is 5.75 Å². The highest BCUT2D eigenvalue weighted by Gasteiger charge is 2.17. The Hall–Kier alpha value is -1.26. The summed E-state index contributed by atoms with van der Waals surface area (Å²) in [5, 5.41) is 0. The van der Waals surface area contributed by atoms with Crippen molar-refractivity contribution in [2.75, 3.05) is 20.7 Å². The maximum atomic E-state index is 12.1. The van der Waals surface area contributed by atoms with Crippen LogP contribution in [0.3, 0.4) is 0 Å². The highest BCUT2D eigenvalue weighted by molar-refractivity contribution is 5.94. The normalized spacial score (nSPS) is 11.4. The topological polar surface area (TPSA) is 55.6 Å². The Morgan fingerprint density at radius 1 is 1.50 bits per heavy atom. The second-order valence-corrected chi connectivity index (χ2v) is 4.19. The number of nitrogens with two attached hydrogens (primary N) is 1. The smallest absolute Gasteiger partial charge is 0.254 e. The van der Waals surface area contributed by atoms with E-state index in [9.17, 15) is 4.79 Å². The molecule has 0 bridgehead atoms. The zero-order valence-electron chi connectivity index (χ0n) is 11.3. The van der Waals surface area contributed by atoms with Gasteiger partial charge in [0.2, 0.25) is 0 Å². The number of carbonyl (C=O) groups excluding carboxylic acids is 1. The van der Waals surface area contributed by atoms with Crippen LogP contribution in [0.15, 0.2) is 18.2 Å². The fourth-order valence-electron chi connectivity index (χ4n) is 1.51. The van der Waals surface area contributed by atoms with Gasteiger partial charge in [0, 0.05) is 25.2 Å². The zero-order valence-corrected chi connectivity index (χ0v) is 12.1. The molecule has 0 aromatic heterocycles. The standard InChI is InChI=1S/C13H20N2O2.ClH/c1-9-5-6-11(7-12(9)17-4)13(16)15(3)10(2)8-14;/h5-7,10H,8,14H2,1-4H3;1H. The lowest BCUT2D eigenvalue weighted by Gasteiger charge is -2.24. The number of hydrogen-bond acceptors (Lipinski definition) is 3. The minimum Gasteiger partial charge on any atom is -0.496 e. The first kappa shape index (κ1) is 16.7. The molecule has 0 saturated heterocycles. The van der Waals surface area contributed by atoms with E-state index in [-0.39, 0.29) is 24.4 Å². The predicted octanol–water partition coefficient (Wildman–Crippen LogP) is 1.84. The van der Waals surface area contributed by atoms with Crippen LogP contribution in [0, 0.1) is 6.92 Å². The molecule has 1 aromatic carbocycles. The number of amides is 1. The lowest BCUT2D eigenvalue weighted by Crippen LogP contribution is -2.39. The average Bonchev–Trinajstić information content (AvgIpc) is 2.36. The third kappa shape index (κ3) is 3.62. The van der Waals surface area contributed by atoms with Gasteiger partial charge < -0.3 is 15.4 Å². The number of hydrogen-bond donors (Lipinski definition) is 1. The molecule has 1 atom stereocenters. The molecule has 18 heavy (non-hydrogen) atoms. The number of likely N-dealkylation sites (N-methyl/N-ethyl adjacent to an activating group) is 1. The molecule has 4 nitrogen and oxygen atoms in total. The molecule has 2 N–H and O–H groups in total. The zero-order chi connectivity index (χ0) is 13.0. The summed E-state index contributed by atoms with van der Waals surface area (Å²) in [4.78, 5) is 13.8. The summed E-state index contributed by atoms with van der Waals surface area (Å²) in [5.74, 6) is 0.686. The van der Waals surface area contributed by atoms with Crippen LogP contribution in [-0.2, 0) is 0 Å². The Morgan fingerprint density at radius 2 is 2.11 bits per heavy atom. The minimum absolute atomic E-state index is 0. The summed E-state index contributed by atoms with van der Waals surface area (Å²) in [6.45, 7) is 4.31. The van der Waals surface area contributed by atoms with E-state index >= 15 is 0 Å². The minimum atomic E-state index is -0.0405. The van der Waals surface area contributed by atoms with Gasteiger partial charge in [0.05, 0.1) is 7.11 Å². The van der Waals surface area contributed by atoms with Gasteiger partial charge in [0.15, 0.2) is 0 Å². The molecule has 0 aliphatic rings. The number of rotatable bonds is 4. The van der Waals surface area contributed by atoms with E-state index in [1.165, 1.54) is 0 Å². The largest absolute Gasteiger partial charge is 0.496 e. The highest BCUT2D eigenvalue weighted by atomic mass is 35.5. The van der Waals surface area contributed by atoms with Crippen molar-refractivity contribution in [3.63, 3.8) is 0 Å². The van der Waals surface area contributed by atoms with Crippen LogP contribution in [0.2, 0.25) is 0 Å². The molecule has 0 radical (unpaired) electrons. The van der Waals surface area contributed by atoms with E-state index in [1.54, 1.807) is 31.2 Å². The first-order valence-electron chi connectivity index (χ1n) is 5.63. The van der Waals surface area contributed by atoms with E-state index in [0.29, 0.717) is 12.1 Å². The van der Waals surface area contributed by atoms with Gasteiger partial charge >= 0.3 is 0 Å². The molecule has 0 fully saturated rings. The number of ether oxygens (including phenoxy) is 1. The predicted molar refractivity (Wildman–Crippen MR) is 75.6 cm³/mol. The summed E-state index contributed by atoms with van der Waals surface area (Å²) < 4.78 is 5.21. The Kier molecular flexibility index (Phi) is 6.73. The average molecular weight is 273 g/mol. The van der Waals surface area contributed by atoms with E-state index < -0.39 is 0 Å². The monoisotopic (exact) mass is 272 g/mol. The third-order valence-corrected chi connectivity index (χ3v) is 2.98. The van der Waals surface area contributed by atoms with Crippen LogP contribution >= 0.6 is 12.4 Å². The van der Waals surface area contributed by atoms with Crippen molar-refractivity contribution in [1.29, 1.82) is 0 Å². The Bertz CT molecular complexity index is 410. The maximum absolute atomic E-state index is 12.1. The number of aryl methyl sites for hydroxylation is 1. The molecule has 0 saturated carbocycles. The van der Waals surface area contributed by atoms with E-state index in [4.69, 9.17) is 10.5 Å². The van der Waals surface area contributed by atoms with Gasteiger partial charge in [-0.25, -0.2) is 0 Å². The molecule has 0 heterocycles. The fourth-order valence-corrected chi connectivity index (χ4v) is 1.51. The number of halogens is 1. The lowest BCUT2D eigenvalue weighted by atomic mass is 10.1. The molecule has 0 aliphatic carbocycles. The van der Waals surface area contributed by atoms with Crippen molar-refractivity contribution in [3.8, 4) is 5.75 Å². The van der Waals surface area contributed by atoms with Gasteiger partial charge in [-0.15, -0.1) is 12.4 Å². The second-order valence-electron chi connectivity index (χ2n) is 4.19. The summed E-state index contributed by atoms with van der Waals surface area (Å²) in [7, 11) is 3.36. The molecule has 0 spiro atoms. The van der Waals surface area contributed by atoms with Crippen LogP contribution < -0.4 is 10.5 Å². The van der Waals surface area contributed by atoms with E-state index in [0.717, 1.165) is 11.3 Å². The van der Waals surface area contributed by atoms with Crippen LogP contribution in [0.1, 0.15) is 22.8 Å². The van der Waals surface area contributed by atoms with Gasteiger partial charge in [-0.1, -0.05) is 6.07 Å². The molecule has 1 amide bonds. The number of carbonyl (C=O) groups is 1. The van der Waals surface area contributed by atoms with Gasteiger partial charge in [-0.05, 0) is 31.5 Å². The summed E-state index contributed by atoms with van der Waals surface area (Å²) in [6.07, 6.45) is 0. The van der Waals surface area contributed by atoms with Crippen LogP contribution in [0.25, 0.3) is 0 Å². The first-order chi connectivity index (χ1) is 8.01. The van der Waals surface area contributed by atoms with Crippen molar-refractivity contribution in [1.82, 2.24) is 4.90 Å². The number of benzene rings is 1. The fraction of sp³-hybridized carbons (Fsp3) is 0.462. The first-order valence-corrected chi connectivity index (χ1v) is 5.63. The Balaban J connectivity index is 0.00000289. The second kappa shape index (κ2) is 7.24. The van der Waals surface area contributed by atoms with Crippen LogP contribution in [0.5, 0.6) is 5.75 Å². The van der Waals surface area contributed by atoms with Crippen LogP contribution in [0.4, 0.5) is 0 Å². The molecule has 0 aliphatic heterocycles. The lowest BCUT2D eigenvalue weighted by molar-refractivity contribution is 0.0748. The Morgan fingerprint density at radius 3 is 2.61 bits per heavy atom.